The third-order valence-corrected chi connectivity index (χ3v) is 1.90. The molecule has 0 spiro atoms. The van der Waals surface area contributed by atoms with E-state index in [0.29, 0.717) is 0 Å². The zero-order valence-electron chi connectivity index (χ0n) is 3.86. The van der Waals surface area contributed by atoms with E-state index in [9.17, 15) is 0 Å². The summed E-state index contributed by atoms with van der Waals surface area (Å²) >= 11 is -0.701. The van der Waals surface area contributed by atoms with Crippen LogP contribution in [-0.4, -0.2) is 22.1 Å². The Morgan fingerprint density at radius 1 is 1.40 bits per heavy atom. The fourth-order valence-corrected chi connectivity index (χ4v) is 0. The van der Waals surface area contributed by atoms with Crippen molar-refractivity contribution in [1.29, 1.82) is 0 Å². The van der Waals surface area contributed by atoms with Gasteiger partial charge in [0, 0.05) is 0 Å². The molecule has 0 aromatic rings. The van der Waals surface area contributed by atoms with Gasteiger partial charge in [0.25, 0.3) is 0 Å². The Bertz CT molecular complexity index is 20.9. The second kappa shape index (κ2) is 2.74. The average molecular weight is 136 g/mol. The van der Waals surface area contributed by atoms with Crippen LogP contribution in [-0.2, 0) is 3.73 Å². The topological polar surface area (TPSA) is 9.23 Å². The quantitative estimate of drug-likeness (QED) is 0.486. The van der Waals surface area contributed by atoms with Gasteiger partial charge in [0.15, 0.2) is 0 Å². The molecular formula is C3H9AsO. The Morgan fingerprint density at radius 2 is 1.60 bits per heavy atom. The maximum atomic E-state index is 4.90. The molecule has 0 saturated heterocycles. The Kier molecular flexibility index (Phi) is 3.02. The molecule has 32 valence electrons. The van der Waals surface area contributed by atoms with Gasteiger partial charge in [-0.05, 0) is 0 Å². The van der Waals surface area contributed by atoms with E-state index < -0.39 is 15.0 Å². The summed E-state index contributed by atoms with van der Waals surface area (Å²) in [6, 6.07) is 0. The third-order valence-electron chi connectivity index (χ3n) is 0.365. The Morgan fingerprint density at radius 3 is 1.60 bits per heavy atom. The van der Waals surface area contributed by atoms with E-state index in [-0.39, 0.29) is 0 Å². The first-order valence-corrected chi connectivity index (χ1v) is 6.00. The first-order chi connectivity index (χ1) is 2.27. The summed E-state index contributed by atoms with van der Waals surface area (Å²) in [6.07, 6.45) is 0. The van der Waals surface area contributed by atoms with Gasteiger partial charge in [-0.25, -0.2) is 0 Å². The summed E-state index contributed by atoms with van der Waals surface area (Å²) in [7, 11) is 1.76. The zero-order valence-corrected chi connectivity index (χ0v) is 5.73. The predicted molar refractivity (Wildman–Crippen MR) is 24.5 cm³/mol. The molecule has 0 fully saturated rings. The molecule has 0 rings (SSSR count). The second-order valence-electron chi connectivity index (χ2n) is 0.995. The van der Waals surface area contributed by atoms with Crippen molar-refractivity contribution in [3.05, 3.63) is 0 Å². The van der Waals surface area contributed by atoms with Gasteiger partial charge in [-0.3, -0.25) is 0 Å². The molecule has 1 nitrogen and oxygen atoms in total. The molecule has 0 N–H and O–H groups in total. The molecule has 0 amide bonds. The number of hydrogen-bond donors (Lipinski definition) is 0. The Hall–Kier alpha value is 0.518. The summed E-state index contributed by atoms with van der Waals surface area (Å²) < 4.78 is 4.90. The van der Waals surface area contributed by atoms with E-state index in [0.717, 1.165) is 0 Å². The summed E-state index contributed by atoms with van der Waals surface area (Å²) in [4.78, 5) is 0. The van der Waals surface area contributed by atoms with E-state index in [1.807, 2.05) is 0 Å². The van der Waals surface area contributed by atoms with Crippen LogP contribution in [0, 0.1) is 0 Å². The third kappa shape index (κ3) is 4.52. The van der Waals surface area contributed by atoms with Gasteiger partial charge >= 0.3 is 37.3 Å². The van der Waals surface area contributed by atoms with Crippen molar-refractivity contribution >= 4 is 15.0 Å². The van der Waals surface area contributed by atoms with Crippen LogP contribution in [0.4, 0.5) is 0 Å². The standard InChI is InChI=1S/C3H9AsO/c1-4(2)5-3/h1-3H3. The summed E-state index contributed by atoms with van der Waals surface area (Å²) in [6.45, 7) is 0. The molecule has 0 bridgehead atoms. The van der Waals surface area contributed by atoms with Crippen molar-refractivity contribution < 1.29 is 3.73 Å². The molecule has 0 heterocycles. The van der Waals surface area contributed by atoms with Gasteiger partial charge in [0.2, 0.25) is 0 Å². The minimum absolute atomic E-state index is 0.701. The van der Waals surface area contributed by atoms with Gasteiger partial charge in [-0.15, -0.1) is 0 Å². The van der Waals surface area contributed by atoms with Crippen LogP contribution in [0.1, 0.15) is 0 Å². The van der Waals surface area contributed by atoms with Crippen LogP contribution in [0.3, 0.4) is 0 Å². The van der Waals surface area contributed by atoms with Gasteiger partial charge in [-0.2, -0.15) is 0 Å². The van der Waals surface area contributed by atoms with Crippen molar-refractivity contribution in [2.45, 2.75) is 11.4 Å². The molecule has 0 unspecified atom stereocenters. The van der Waals surface area contributed by atoms with Crippen molar-refractivity contribution in [2.24, 2.45) is 0 Å². The molecular weight excluding hydrogens is 127 g/mol. The summed E-state index contributed by atoms with van der Waals surface area (Å²) in [5.41, 5.74) is 4.29. The predicted octanol–water partition coefficient (Wildman–Crippen LogP) is 0.884. The van der Waals surface area contributed by atoms with E-state index in [1.165, 1.54) is 0 Å². The van der Waals surface area contributed by atoms with Crippen LogP contribution in [0.25, 0.3) is 0 Å². The normalized spacial score (nSPS) is 9.60. The Labute approximate surface area is 37.9 Å². The van der Waals surface area contributed by atoms with Crippen LogP contribution >= 0.6 is 0 Å². The van der Waals surface area contributed by atoms with Gasteiger partial charge in [0.1, 0.15) is 0 Å². The van der Waals surface area contributed by atoms with E-state index in [1.54, 1.807) is 7.11 Å². The first kappa shape index (κ1) is 5.52. The van der Waals surface area contributed by atoms with E-state index in [4.69, 9.17) is 3.73 Å². The van der Waals surface area contributed by atoms with Crippen LogP contribution < -0.4 is 0 Å². The molecule has 2 heteroatoms. The van der Waals surface area contributed by atoms with Crippen molar-refractivity contribution in [2.75, 3.05) is 7.11 Å². The van der Waals surface area contributed by atoms with Gasteiger partial charge < -0.3 is 0 Å². The monoisotopic (exact) mass is 136 g/mol. The fraction of sp³-hybridized carbons (Fsp3) is 1.00. The molecule has 0 atom stereocenters. The molecule has 0 aromatic heterocycles. The van der Waals surface area contributed by atoms with Crippen molar-refractivity contribution in [3.63, 3.8) is 0 Å². The van der Waals surface area contributed by atoms with Crippen LogP contribution in [0.15, 0.2) is 0 Å². The molecule has 0 saturated carbocycles. The number of hydrogen-bond acceptors (Lipinski definition) is 1. The SMILES string of the molecule is CO[As](C)C. The Balaban J connectivity index is 2.54. The van der Waals surface area contributed by atoms with Crippen LogP contribution in [0.2, 0.25) is 11.4 Å². The molecule has 0 aromatic carbocycles. The van der Waals surface area contributed by atoms with Gasteiger partial charge in [0.05, 0.1) is 0 Å². The molecule has 0 aliphatic heterocycles. The molecule has 0 radical (unpaired) electrons. The van der Waals surface area contributed by atoms with Crippen molar-refractivity contribution in [3.8, 4) is 0 Å². The van der Waals surface area contributed by atoms with Gasteiger partial charge in [-0.1, -0.05) is 0 Å². The minimum atomic E-state index is -0.701. The summed E-state index contributed by atoms with van der Waals surface area (Å²) in [5.74, 6) is 0. The molecule has 5 heavy (non-hydrogen) atoms. The second-order valence-corrected chi connectivity index (χ2v) is 5.17. The zero-order chi connectivity index (χ0) is 4.28. The van der Waals surface area contributed by atoms with E-state index >= 15 is 0 Å². The summed E-state index contributed by atoms with van der Waals surface area (Å²) in [5, 5.41) is 0. The molecule has 0 aliphatic carbocycles. The van der Waals surface area contributed by atoms with E-state index in [2.05, 4.69) is 11.4 Å². The fourth-order valence-electron chi connectivity index (χ4n) is 0. The first-order valence-electron chi connectivity index (χ1n) is 1.49. The van der Waals surface area contributed by atoms with Crippen molar-refractivity contribution in [1.82, 2.24) is 0 Å². The average Bonchev–Trinajstić information content (AvgIpc) is 1.38. The van der Waals surface area contributed by atoms with Crippen LogP contribution in [0.5, 0.6) is 0 Å². The number of rotatable bonds is 1. The molecule has 0 aliphatic rings. The maximum absolute atomic E-state index is 4.90.